The lowest BCUT2D eigenvalue weighted by atomic mass is 10.3. The Bertz CT molecular complexity index is 714. The molecule has 0 saturated carbocycles. The van der Waals surface area contributed by atoms with Gasteiger partial charge in [-0.3, -0.25) is 4.79 Å². The van der Waals surface area contributed by atoms with Crippen LogP contribution >= 0.6 is 11.6 Å². The maximum absolute atomic E-state index is 12.0. The number of amides is 1. The second-order valence-electron chi connectivity index (χ2n) is 4.76. The van der Waals surface area contributed by atoms with Crippen LogP contribution in [0.1, 0.15) is 16.2 Å². The van der Waals surface area contributed by atoms with Crippen LogP contribution in [0.25, 0.3) is 5.69 Å². The summed E-state index contributed by atoms with van der Waals surface area (Å²) in [6, 6.07) is 8.82. The van der Waals surface area contributed by atoms with Gasteiger partial charge >= 0.3 is 5.97 Å². The maximum Gasteiger partial charge on any atom is 0.329 e. The Balaban J connectivity index is 1.97. The molecule has 1 aromatic carbocycles. The molecule has 0 aliphatic heterocycles. The zero-order valence-corrected chi connectivity index (χ0v) is 13.2. The van der Waals surface area contributed by atoms with E-state index in [-0.39, 0.29) is 24.8 Å². The normalized spacial score (nSPS) is 10.5. The summed E-state index contributed by atoms with van der Waals surface area (Å²) in [5.74, 6) is -1.40. The predicted octanol–water partition coefficient (Wildman–Crippen LogP) is 1.67. The molecule has 0 aliphatic rings. The summed E-state index contributed by atoms with van der Waals surface area (Å²) in [4.78, 5) is 22.3. The molecule has 122 valence electrons. The second-order valence-corrected chi connectivity index (χ2v) is 5.20. The van der Waals surface area contributed by atoms with Crippen LogP contribution < -0.4 is 5.32 Å². The topological polar surface area (TPSA) is 93.4 Å². The van der Waals surface area contributed by atoms with Crippen LogP contribution in [0.2, 0.25) is 5.02 Å². The molecule has 0 spiro atoms. The number of ether oxygens (including phenoxy) is 1. The van der Waals surface area contributed by atoms with Gasteiger partial charge in [0.15, 0.2) is 5.69 Å². The number of carbonyl (C=O) groups is 2. The molecular formula is C15H16ClN3O4. The Morgan fingerprint density at radius 2 is 2.17 bits per heavy atom. The van der Waals surface area contributed by atoms with Crippen LogP contribution in [-0.2, 0) is 9.53 Å². The quantitative estimate of drug-likeness (QED) is 0.749. The van der Waals surface area contributed by atoms with Crippen LogP contribution in [0, 0.1) is 6.92 Å². The van der Waals surface area contributed by atoms with Gasteiger partial charge in [-0.1, -0.05) is 17.7 Å². The van der Waals surface area contributed by atoms with E-state index in [4.69, 9.17) is 21.4 Å². The van der Waals surface area contributed by atoms with Crippen LogP contribution in [0.15, 0.2) is 30.3 Å². The van der Waals surface area contributed by atoms with Crippen LogP contribution in [0.4, 0.5) is 0 Å². The first-order valence-corrected chi connectivity index (χ1v) is 7.25. The Labute approximate surface area is 137 Å². The van der Waals surface area contributed by atoms with Crippen LogP contribution in [-0.4, -0.2) is 46.5 Å². The molecule has 23 heavy (non-hydrogen) atoms. The molecule has 0 bridgehead atoms. The zero-order valence-electron chi connectivity index (χ0n) is 12.5. The monoisotopic (exact) mass is 337 g/mol. The average molecular weight is 338 g/mol. The summed E-state index contributed by atoms with van der Waals surface area (Å²) in [5, 5.41) is 15.9. The van der Waals surface area contributed by atoms with Crippen molar-refractivity contribution in [3.05, 3.63) is 46.7 Å². The summed E-state index contributed by atoms with van der Waals surface area (Å²) < 4.78 is 6.46. The number of carboxylic acid groups (broad SMARTS) is 1. The van der Waals surface area contributed by atoms with E-state index >= 15 is 0 Å². The third-order valence-corrected chi connectivity index (χ3v) is 3.17. The van der Waals surface area contributed by atoms with E-state index in [1.807, 2.05) is 13.0 Å². The fraction of sp³-hybridized carbons (Fsp3) is 0.267. The van der Waals surface area contributed by atoms with Crippen LogP contribution in [0.5, 0.6) is 0 Å². The molecule has 1 amide bonds. The van der Waals surface area contributed by atoms with Gasteiger partial charge in [-0.15, -0.1) is 0 Å². The van der Waals surface area contributed by atoms with Crippen molar-refractivity contribution in [1.29, 1.82) is 0 Å². The Morgan fingerprint density at radius 1 is 1.39 bits per heavy atom. The van der Waals surface area contributed by atoms with E-state index in [1.54, 1.807) is 28.9 Å². The van der Waals surface area contributed by atoms with Crippen molar-refractivity contribution >= 4 is 23.5 Å². The van der Waals surface area contributed by atoms with Gasteiger partial charge in [-0.25, -0.2) is 9.48 Å². The molecule has 0 saturated heterocycles. The summed E-state index contributed by atoms with van der Waals surface area (Å²) in [7, 11) is 0. The SMILES string of the molecule is Cc1cc(C(=O)NCCOCC(=O)O)nn1-c1cccc(Cl)c1. The summed E-state index contributed by atoms with van der Waals surface area (Å²) in [6.07, 6.45) is 0. The maximum atomic E-state index is 12.0. The molecule has 8 heteroatoms. The number of hydrogen-bond donors (Lipinski definition) is 2. The fourth-order valence-corrected chi connectivity index (χ4v) is 2.13. The number of halogens is 1. The number of nitrogens with one attached hydrogen (secondary N) is 1. The Hall–Kier alpha value is -2.38. The van der Waals surface area contributed by atoms with E-state index in [2.05, 4.69) is 10.4 Å². The third-order valence-electron chi connectivity index (χ3n) is 2.93. The molecular weight excluding hydrogens is 322 g/mol. The molecule has 2 N–H and O–H groups in total. The highest BCUT2D eigenvalue weighted by molar-refractivity contribution is 6.30. The van der Waals surface area contributed by atoms with Crippen molar-refractivity contribution in [2.24, 2.45) is 0 Å². The van der Waals surface area contributed by atoms with Crippen molar-refractivity contribution < 1.29 is 19.4 Å². The predicted molar refractivity (Wildman–Crippen MR) is 84.1 cm³/mol. The minimum atomic E-state index is -1.05. The first kappa shape index (κ1) is 17.0. The number of aromatic nitrogens is 2. The van der Waals surface area contributed by atoms with Gasteiger partial charge < -0.3 is 15.2 Å². The number of carbonyl (C=O) groups excluding carboxylic acids is 1. The molecule has 1 heterocycles. The fourth-order valence-electron chi connectivity index (χ4n) is 1.94. The van der Waals surface area contributed by atoms with Crippen molar-refractivity contribution in [3.63, 3.8) is 0 Å². The van der Waals surface area contributed by atoms with Gasteiger partial charge in [-0.2, -0.15) is 5.10 Å². The van der Waals surface area contributed by atoms with Crippen molar-refractivity contribution in [1.82, 2.24) is 15.1 Å². The van der Waals surface area contributed by atoms with Gasteiger partial charge in [0.25, 0.3) is 5.91 Å². The lowest BCUT2D eigenvalue weighted by Crippen LogP contribution is -2.28. The van der Waals surface area contributed by atoms with E-state index in [0.717, 1.165) is 11.4 Å². The Kier molecular flexibility index (Phi) is 5.72. The first-order chi connectivity index (χ1) is 11.0. The van der Waals surface area contributed by atoms with Gasteiger partial charge in [0, 0.05) is 17.3 Å². The number of nitrogens with zero attached hydrogens (tertiary/aromatic N) is 2. The number of carboxylic acids is 1. The average Bonchev–Trinajstić information content (AvgIpc) is 2.88. The summed E-state index contributed by atoms with van der Waals surface area (Å²) in [6.45, 7) is 1.76. The molecule has 7 nitrogen and oxygen atoms in total. The largest absolute Gasteiger partial charge is 0.480 e. The summed E-state index contributed by atoms with van der Waals surface area (Å²) in [5.41, 5.74) is 1.82. The smallest absolute Gasteiger partial charge is 0.329 e. The van der Waals surface area contributed by atoms with E-state index in [9.17, 15) is 9.59 Å². The van der Waals surface area contributed by atoms with Gasteiger partial charge in [0.2, 0.25) is 0 Å². The van der Waals surface area contributed by atoms with Gasteiger partial charge in [0.1, 0.15) is 6.61 Å². The number of benzene rings is 1. The third kappa shape index (κ3) is 4.80. The highest BCUT2D eigenvalue weighted by Gasteiger charge is 2.13. The molecule has 0 atom stereocenters. The first-order valence-electron chi connectivity index (χ1n) is 6.87. The number of aliphatic carboxylic acids is 1. The number of aryl methyl sites for hydroxylation is 1. The minimum absolute atomic E-state index is 0.117. The summed E-state index contributed by atoms with van der Waals surface area (Å²) >= 11 is 5.96. The van der Waals surface area contributed by atoms with Crippen LogP contribution in [0.3, 0.4) is 0 Å². The number of rotatable bonds is 7. The molecule has 1 aromatic heterocycles. The molecule has 0 aliphatic carbocycles. The standard InChI is InChI=1S/C15H16ClN3O4/c1-10-7-13(15(22)17-5-6-23-9-14(20)21)18-19(10)12-4-2-3-11(16)8-12/h2-4,7-8H,5-6,9H2,1H3,(H,17,22)(H,20,21). The number of hydrogen-bond acceptors (Lipinski definition) is 4. The molecule has 0 radical (unpaired) electrons. The lowest BCUT2D eigenvalue weighted by Gasteiger charge is -2.04. The minimum Gasteiger partial charge on any atom is -0.480 e. The molecule has 0 unspecified atom stereocenters. The molecule has 0 fully saturated rings. The highest BCUT2D eigenvalue weighted by atomic mass is 35.5. The van der Waals surface area contributed by atoms with E-state index < -0.39 is 12.6 Å². The molecule has 2 aromatic rings. The Morgan fingerprint density at radius 3 is 2.87 bits per heavy atom. The van der Waals surface area contributed by atoms with Crippen molar-refractivity contribution in [2.75, 3.05) is 19.8 Å². The zero-order chi connectivity index (χ0) is 16.8. The lowest BCUT2D eigenvalue weighted by molar-refractivity contribution is -0.142. The molecule has 2 rings (SSSR count). The van der Waals surface area contributed by atoms with E-state index in [1.165, 1.54) is 0 Å². The van der Waals surface area contributed by atoms with Gasteiger partial charge in [-0.05, 0) is 31.2 Å². The van der Waals surface area contributed by atoms with Crippen molar-refractivity contribution in [3.8, 4) is 5.69 Å². The van der Waals surface area contributed by atoms with Gasteiger partial charge in [0.05, 0.1) is 12.3 Å². The van der Waals surface area contributed by atoms with Crippen molar-refractivity contribution in [2.45, 2.75) is 6.92 Å². The van der Waals surface area contributed by atoms with E-state index in [0.29, 0.717) is 5.02 Å². The highest BCUT2D eigenvalue weighted by Crippen LogP contribution is 2.16. The second kappa shape index (κ2) is 7.75.